The zero-order valence-electron chi connectivity index (χ0n) is 59.3. The Kier molecular flexibility index (Phi) is 75.3. The summed E-state index contributed by atoms with van der Waals surface area (Å²) in [6, 6.07) is -0.538. The lowest BCUT2D eigenvalue weighted by molar-refractivity contribution is -0.143. The summed E-state index contributed by atoms with van der Waals surface area (Å²) in [4.78, 5) is 24.6. The van der Waals surface area contributed by atoms with Gasteiger partial charge in [0.1, 0.15) is 0 Å². The van der Waals surface area contributed by atoms with Crippen LogP contribution in [0.2, 0.25) is 0 Å². The molecule has 0 heterocycles. The molecule has 0 aliphatic rings. The molecule has 6 nitrogen and oxygen atoms in total. The zero-order valence-corrected chi connectivity index (χ0v) is 59.3. The predicted molar refractivity (Wildman–Crippen MR) is 384 cm³/mol. The number of esters is 1. The van der Waals surface area contributed by atoms with E-state index < -0.39 is 12.1 Å². The van der Waals surface area contributed by atoms with Crippen molar-refractivity contribution in [2.24, 2.45) is 0 Å². The molecule has 3 N–H and O–H groups in total. The van der Waals surface area contributed by atoms with E-state index in [0.717, 1.165) is 51.4 Å². The molecule has 0 aliphatic carbocycles. The van der Waals surface area contributed by atoms with Crippen LogP contribution in [0.5, 0.6) is 0 Å². The molecular formula is C81H157NO5. The number of unbranched alkanes of at least 4 members (excludes halogenated alkanes) is 61. The van der Waals surface area contributed by atoms with Crippen molar-refractivity contribution < 1.29 is 24.5 Å². The Morgan fingerprint density at radius 2 is 0.575 bits per heavy atom. The van der Waals surface area contributed by atoms with Crippen LogP contribution in [0.1, 0.15) is 457 Å². The Hall–Kier alpha value is -1.66. The number of carbonyl (C=O) groups excluding carboxylic acids is 2. The van der Waals surface area contributed by atoms with Gasteiger partial charge in [-0.05, 0) is 57.8 Å². The first-order valence-corrected chi connectivity index (χ1v) is 40.1. The normalized spacial score (nSPS) is 12.6. The largest absolute Gasteiger partial charge is 0.466 e. The second-order valence-electron chi connectivity index (χ2n) is 27.8. The van der Waals surface area contributed by atoms with Gasteiger partial charge in [0.15, 0.2) is 0 Å². The van der Waals surface area contributed by atoms with E-state index in [2.05, 4.69) is 43.5 Å². The Morgan fingerprint density at radius 3 is 0.897 bits per heavy atom. The van der Waals surface area contributed by atoms with Gasteiger partial charge in [-0.15, -0.1) is 0 Å². The van der Waals surface area contributed by atoms with Gasteiger partial charge in [0.05, 0.1) is 25.4 Å². The van der Waals surface area contributed by atoms with Crippen molar-refractivity contribution in [2.75, 3.05) is 13.2 Å². The molecule has 0 saturated heterocycles. The smallest absolute Gasteiger partial charge is 0.305 e. The molecule has 0 radical (unpaired) electrons. The van der Waals surface area contributed by atoms with Crippen LogP contribution in [-0.2, 0) is 14.3 Å². The molecule has 87 heavy (non-hydrogen) atoms. The third-order valence-corrected chi connectivity index (χ3v) is 19.0. The number of rotatable bonds is 76. The highest BCUT2D eigenvalue weighted by Gasteiger charge is 2.20. The van der Waals surface area contributed by atoms with Crippen LogP contribution < -0.4 is 5.32 Å². The van der Waals surface area contributed by atoms with E-state index in [1.54, 1.807) is 0 Å². The van der Waals surface area contributed by atoms with Gasteiger partial charge in [0.25, 0.3) is 0 Å². The minimum atomic E-state index is -0.661. The molecule has 0 aromatic rings. The lowest BCUT2D eigenvalue weighted by atomic mass is 10.0. The van der Waals surface area contributed by atoms with Gasteiger partial charge in [-0.25, -0.2) is 0 Å². The Morgan fingerprint density at radius 1 is 0.322 bits per heavy atom. The SMILES string of the molecule is CCCCC/C=C\C/C=C\CCCCCCCC(=O)OCCCCCCCCCCCCCCCCCCCCCCCCCCCCCCCCCCCCCC(=O)NC(CO)C(O)CCCCCCCCCCCCCCCCCCCCCC. The van der Waals surface area contributed by atoms with Gasteiger partial charge < -0.3 is 20.3 Å². The van der Waals surface area contributed by atoms with E-state index >= 15 is 0 Å². The lowest BCUT2D eigenvalue weighted by Gasteiger charge is -2.22. The van der Waals surface area contributed by atoms with E-state index in [1.165, 1.54) is 372 Å². The number of ether oxygens (including phenoxy) is 1. The molecule has 0 bridgehead atoms. The molecule has 2 unspecified atom stereocenters. The molecule has 2 atom stereocenters. The summed E-state index contributed by atoms with van der Waals surface area (Å²) in [6.07, 6.45) is 98.5. The van der Waals surface area contributed by atoms with Crippen molar-refractivity contribution in [3.05, 3.63) is 24.3 Å². The molecule has 1 amide bonds. The minimum Gasteiger partial charge on any atom is -0.466 e. The fourth-order valence-electron chi connectivity index (χ4n) is 12.9. The van der Waals surface area contributed by atoms with Crippen molar-refractivity contribution in [1.82, 2.24) is 5.32 Å². The van der Waals surface area contributed by atoms with Crippen molar-refractivity contribution >= 4 is 11.9 Å². The maximum absolute atomic E-state index is 12.6. The highest BCUT2D eigenvalue weighted by Crippen LogP contribution is 2.20. The third-order valence-electron chi connectivity index (χ3n) is 19.0. The quantitative estimate of drug-likeness (QED) is 0.0320. The summed E-state index contributed by atoms with van der Waals surface area (Å²) >= 11 is 0. The van der Waals surface area contributed by atoms with Crippen LogP contribution in [0.3, 0.4) is 0 Å². The Labute approximate surface area is 545 Å². The van der Waals surface area contributed by atoms with Crippen LogP contribution in [0, 0.1) is 0 Å². The predicted octanol–water partition coefficient (Wildman–Crippen LogP) is 26.4. The molecule has 0 fully saturated rings. The molecule has 0 aliphatic heterocycles. The van der Waals surface area contributed by atoms with E-state index in [4.69, 9.17) is 4.74 Å². The monoisotopic (exact) mass is 1220 g/mol. The molecule has 0 aromatic heterocycles. The molecule has 516 valence electrons. The number of allylic oxidation sites excluding steroid dienone is 4. The molecule has 0 spiro atoms. The second-order valence-corrected chi connectivity index (χ2v) is 27.8. The van der Waals surface area contributed by atoms with E-state index in [-0.39, 0.29) is 18.5 Å². The van der Waals surface area contributed by atoms with Gasteiger partial charge in [-0.1, -0.05) is 411 Å². The van der Waals surface area contributed by atoms with Crippen LogP contribution in [0.15, 0.2) is 24.3 Å². The third kappa shape index (κ3) is 73.3. The van der Waals surface area contributed by atoms with Crippen LogP contribution in [-0.4, -0.2) is 47.4 Å². The summed E-state index contributed by atoms with van der Waals surface area (Å²) < 4.78 is 5.50. The fraction of sp³-hybridized carbons (Fsp3) is 0.926. The van der Waals surface area contributed by atoms with Crippen molar-refractivity contribution in [3.8, 4) is 0 Å². The maximum atomic E-state index is 12.6. The first-order valence-electron chi connectivity index (χ1n) is 40.1. The van der Waals surface area contributed by atoms with Crippen LogP contribution in [0.25, 0.3) is 0 Å². The van der Waals surface area contributed by atoms with Gasteiger partial charge in [-0.3, -0.25) is 9.59 Å². The highest BCUT2D eigenvalue weighted by molar-refractivity contribution is 5.76. The van der Waals surface area contributed by atoms with E-state index in [0.29, 0.717) is 25.9 Å². The fourth-order valence-corrected chi connectivity index (χ4v) is 12.9. The average molecular weight is 1230 g/mol. The van der Waals surface area contributed by atoms with Crippen molar-refractivity contribution in [2.45, 2.75) is 469 Å². The van der Waals surface area contributed by atoms with Crippen LogP contribution >= 0.6 is 0 Å². The molecular weight excluding hydrogens is 1070 g/mol. The average Bonchev–Trinajstić information content (AvgIpc) is 3.52. The summed E-state index contributed by atoms with van der Waals surface area (Å²) in [6.45, 7) is 4.97. The number of amides is 1. The molecule has 0 saturated carbocycles. The first kappa shape index (κ1) is 85.3. The topological polar surface area (TPSA) is 95.9 Å². The standard InChI is InChI=1S/C81H157NO5/c1-3-5-7-9-11-13-15-17-19-20-21-39-42-46-49-53-57-61-65-69-73-79(84)78(77-83)82-80(85)74-70-66-62-58-54-50-47-43-40-37-35-33-31-29-27-25-23-22-24-26-28-30-32-34-36-38-41-44-48-52-56-60-64-68-72-76-87-81(86)75-71-67-63-59-55-51-45-18-16-14-12-10-8-6-4-2/h12,14,18,45,78-79,83-84H,3-11,13,15-17,19-44,46-77H2,1-2H3,(H,82,85)/b14-12-,45-18-. The Balaban J connectivity index is 3.31. The summed E-state index contributed by atoms with van der Waals surface area (Å²) in [7, 11) is 0. The van der Waals surface area contributed by atoms with E-state index in [1.807, 2.05) is 0 Å². The number of nitrogens with one attached hydrogen (secondary N) is 1. The Bertz CT molecular complexity index is 1360. The number of aliphatic hydroxyl groups is 2. The van der Waals surface area contributed by atoms with Crippen molar-refractivity contribution in [1.29, 1.82) is 0 Å². The molecule has 6 heteroatoms. The summed E-state index contributed by atoms with van der Waals surface area (Å²) in [5.41, 5.74) is 0. The lowest BCUT2D eigenvalue weighted by Crippen LogP contribution is -2.45. The highest BCUT2D eigenvalue weighted by atomic mass is 16.5. The number of carbonyl (C=O) groups is 2. The second kappa shape index (κ2) is 76.8. The van der Waals surface area contributed by atoms with E-state index in [9.17, 15) is 19.8 Å². The van der Waals surface area contributed by atoms with Gasteiger partial charge >= 0.3 is 5.97 Å². The molecule has 0 aromatic carbocycles. The van der Waals surface area contributed by atoms with Gasteiger partial charge in [-0.2, -0.15) is 0 Å². The van der Waals surface area contributed by atoms with Gasteiger partial charge in [0.2, 0.25) is 5.91 Å². The molecule has 0 rings (SSSR count). The number of hydrogen-bond donors (Lipinski definition) is 3. The van der Waals surface area contributed by atoms with Gasteiger partial charge in [0, 0.05) is 12.8 Å². The summed E-state index contributed by atoms with van der Waals surface area (Å²) in [5.74, 6) is -0.0151. The number of hydrogen-bond acceptors (Lipinski definition) is 5. The zero-order chi connectivity index (χ0) is 62.8. The van der Waals surface area contributed by atoms with Crippen LogP contribution in [0.4, 0.5) is 0 Å². The minimum absolute atomic E-state index is 0.00942. The number of aliphatic hydroxyl groups excluding tert-OH is 2. The summed E-state index contributed by atoms with van der Waals surface area (Å²) in [5, 5.41) is 23.4. The first-order chi connectivity index (χ1) is 43.0. The maximum Gasteiger partial charge on any atom is 0.305 e. The van der Waals surface area contributed by atoms with Crippen molar-refractivity contribution in [3.63, 3.8) is 0 Å².